The Hall–Kier alpha value is -0.0800. The smallest absolute Gasteiger partial charge is 0.0705 e. The molecule has 0 bridgehead atoms. The fourth-order valence-electron chi connectivity index (χ4n) is 2.72. The van der Waals surface area contributed by atoms with E-state index in [0.29, 0.717) is 12.6 Å². The van der Waals surface area contributed by atoms with Gasteiger partial charge in [0.05, 0.1) is 11.7 Å². The first-order valence-electron chi connectivity index (χ1n) is 5.62. The topological polar surface area (TPSA) is 35.2 Å². The molecule has 76 valence electrons. The molecule has 2 aliphatic rings. The van der Waals surface area contributed by atoms with Crippen LogP contribution in [0.5, 0.6) is 0 Å². The minimum atomic E-state index is 0.247. The monoisotopic (exact) mass is 183 g/mol. The van der Waals surface area contributed by atoms with Crippen LogP contribution in [0, 0.1) is 5.92 Å². The molecular weight excluding hydrogens is 162 g/mol. The minimum Gasteiger partial charge on any atom is -0.370 e. The zero-order chi connectivity index (χ0) is 9.31. The van der Waals surface area contributed by atoms with Gasteiger partial charge in [-0.1, -0.05) is 6.92 Å². The van der Waals surface area contributed by atoms with E-state index in [1.165, 1.54) is 38.5 Å². The predicted molar refractivity (Wildman–Crippen MR) is 53.5 cm³/mol. The van der Waals surface area contributed by atoms with E-state index in [0.717, 1.165) is 5.92 Å². The van der Waals surface area contributed by atoms with Crippen molar-refractivity contribution >= 4 is 0 Å². The second-order valence-electron chi connectivity index (χ2n) is 4.88. The van der Waals surface area contributed by atoms with E-state index < -0.39 is 0 Å². The molecule has 1 aliphatic carbocycles. The summed E-state index contributed by atoms with van der Waals surface area (Å²) in [4.78, 5) is 0. The van der Waals surface area contributed by atoms with E-state index in [-0.39, 0.29) is 5.60 Å². The highest BCUT2D eigenvalue weighted by molar-refractivity contribution is 4.92. The summed E-state index contributed by atoms with van der Waals surface area (Å²) in [7, 11) is 0. The van der Waals surface area contributed by atoms with Crippen LogP contribution >= 0.6 is 0 Å². The van der Waals surface area contributed by atoms with Crippen molar-refractivity contribution in [1.29, 1.82) is 0 Å². The summed E-state index contributed by atoms with van der Waals surface area (Å²) < 4.78 is 6.06. The number of hydrogen-bond donors (Lipinski definition) is 1. The third-order valence-corrected chi connectivity index (χ3v) is 3.79. The van der Waals surface area contributed by atoms with E-state index in [1.807, 2.05) is 0 Å². The first-order chi connectivity index (χ1) is 6.24. The molecule has 2 rings (SSSR count). The molecule has 1 heterocycles. The molecule has 0 aromatic heterocycles. The van der Waals surface area contributed by atoms with Crippen LogP contribution in [0.15, 0.2) is 0 Å². The maximum atomic E-state index is 6.06. The zero-order valence-electron chi connectivity index (χ0n) is 8.59. The van der Waals surface area contributed by atoms with Crippen LogP contribution in [0.4, 0.5) is 0 Å². The van der Waals surface area contributed by atoms with Gasteiger partial charge in [-0.05, 0) is 44.4 Å². The van der Waals surface area contributed by atoms with Crippen LogP contribution in [0.3, 0.4) is 0 Å². The van der Waals surface area contributed by atoms with Crippen LogP contribution in [-0.4, -0.2) is 18.2 Å². The summed E-state index contributed by atoms with van der Waals surface area (Å²) in [5.41, 5.74) is 5.87. The van der Waals surface area contributed by atoms with Gasteiger partial charge in [0.1, 0.15) is 0 Å². The summed E-state index contributed by atoms with van der Waals surface area (Å²) in [6.45, 7) is 3.06. The molecule has 0 aromatic carbocycles. The van der Waals surface area contributed by atoms with Crippen LogP contribution in [-0.2, 0) is 4.74 Å². The zero-order valence-corrected chi connectivity index (χ0v) is 8.59. The Balaban J connectivity index is 1.92. The van der Waals surface area contributed by atoms with Crippen molar-refractivity contribution < 1.29 is 4.74 Å². The van der Waals surface area contributed by atoms with E-state index in [9.17, 15) is 0 Å². The molecule has 13 heavy (non-hydrogen) atoms. The lowest BCUT2D eigenvalue weighted by Crippen LogP contribution is -2.35. The van der Waals surface area contributed by atoms with Gasteiger partial charge in [0.25, 0.3) is 0 Å². The number of nitrogens with two attached hydrogens (primary N) is 1. The fraction of sp³-hybridized carbons (Fsp3) is 1.00. The minimum absolute atomic E-state index is 0.247. The Morgan fingerprint density at radius 2 is 1.85 bits per heavy atom. The Morgan fingerprint density at radius 3 is 2.38 bits per heavy atom. The summed E-state index contributed by atoms with van der Waals surface area (Å²) in [5, 5.41) is 0. The Morgan fingerprint density at radius 1 is 1.23 bits per heavy atom. The molecule has 2 N–H and O–H groups in total. The molecule has 0 radical (unpaired) electrons. The second kappa shape index (κ2) is 3.58. The van der Waals surface area contributed by atoms with Gasteiger partial charge in [-0.3, -0.25) is 0 Å². The van der Waals surface area contributed by atoms with E-state index in [4.69, 9.17) is 10.5 Å². The van der Waals surface area contributed by atoms with Crippen molar-refractivity contribution in [2.75, 3.05) is 6.54 Å². The molecule has 1 saturated heterocycles. The predicted octanol–water partition coefficient (Wildman–Crippen LogP) is 2.07. The van der Waals surface area contributed by atoms with Crippen molar-refractivity contribution in [3.8, 4) is 0 Å². The van der Waals surface area contributed by atoms with Crippen LogP contribution in [0.25, 0.3) is 0 Å². The van der Waals surface area contributed by atoms with Crippen molar-refractivity contribution in [3.63, 3.8) is 0 Å². The van der Waals surface area contributed by atoms with Gasteiger partial charge in [-0.25, -0.2) is 0 Å². The number of rotatable bonds is 1. The Bertz CT molecular complexity index is 173. The molecule has 1 spiro atoms. The maximum Gasteiger partial charge on any atom is 0.0705 e. The third kappa shape index (κ3) is 1.89. The maximum absolute atomic E-state index is 6.06. The highest BCUT2D eigenvalue weighted by atomic mass is 16.5. The summed E-state index contributed by atoms with van der Waals surface area (Å²) in [5.74, 6) is 0.908. The molecule has 1 atom stereocenters. The van der Waals surface area contributed by atoms with E-state index in [2.05, 4.69) is 6.92 Å². The molecule has 0 aromatic rings. The fourth-order valence-corrected chi connectivity index (χ4v) is 2.72. The van der Waals surface area contributed by atoms with Gasteiger partial charge < -0.3 is 10.5 Å². The summed E-state index contributed by atoms with van der Waals surface area (Å²) >= 11 is 0. The quantitative estimate of drug-likeness (QED) is 0.675. The van der Waals surface area contributed by atoms with Gasteiger partial charge in [0, 0.05) is 6.54 Å². The van der Waals surface area contributed by atoms with Crippen molar-refractivity contribution in [2.24, 2.45) is 11.7 Å². The molecule has 0 amide bonds. The van der Waals surface area contributed by atoms with Gasteiger partial charge in [0.15, 0.2) is 0 Å². The lowest BCUT2D eigenvalue weighted by atomic mass is 9.78. The van der Waals surface area contributed by atoms with Gasteiger partial charge in [0.2, 0.25) is 0 Å². The Labute approximate surface area is 80.8 Å². The van der Waals surface area contributed by atoms with Gasteiger partial charge in [-0.15, -0.1) is 0 Å². The van der Waals surface area contributed by atoms with Crippen molar-refractivity contribution in [1.82, 2.24) is 0 Å². The Kier molecular flexibility index (Phi) is 2.61. The van der Waals surface area contributed by atoms with E-state index >= 15 is 0 Å². The summed E-state index contributed by atoms with van der Waals surface area (Å²) in [6.07, 6.45) is 8.02. The van der Waals surface area contributed by atoms with Crippen LogP contribution in [0.1, 0.15) is 45.4 Å². The molecule has 1 aliphatic heterocycles. The molecule has 2 fully saturated rings. The molecular formula is C11H21NO. The molecule has 2 nitrogen and oxygen atoms in total. The normalized spacial score (nSPS) is 45.7. The van der Waals surface area contributed by atoms with Gasteiger partial charge >= 0.3 is 0 Å². The average molecular weight is 183 g/mol. The highest BCUT2D eigenvalue weighted by Crippen LogP contribution is 2.43. The number of hydrogen-bond acceptors (Lipinski definition) is 2. The highest BCUT2D eigenvalue weighted by Gasteiger charge is 2.41. The standard InChI is InChI=1S/C11H21NO/c1-9-2-5-11(6-3-9)7-4-10(8-12)13-11/h9-10H,2-8,12H2,1H3. The average Bonchev–Trinajstić information content (AvgIpc) is 2.55. The second-order valence-corrected chi connectivity index (χ2v) is 4.88. The first kappa shape index (κ1) is 9.47. The van der Waals surface area contributed by atoms with E-state index in [1.54, 1.807) is 0 Å². The molecule has 2 heteroatoms. The molecule has 1 unspecified atom stereocenters. The lowest BCUT2D eigenvalue weighted by molar-refractivity contribution is -0.0667. The lowest BCUT2D eigenvalue weighted by Gasteiger charge is -2.36. The SMILES string of the molecule is CC1CCC2(CC1)CCC(CN)O2. The van der Waals surface area contributed by atoms with Crippen molar-refractivity contribution in [2.45, 2.75) is 57.2 Å². The van der Waals surface area contributed by atoms with Crippen LogP contribution < -0.4 is 5.73 Å². The summed E-state index contributed by atoms with van der Waals surface area (Å²) in [6, 6.07) is 0. The van der Waals surface area contributed by atoms with Crippen molar-refractivity contribution in [3.05, 3.63) is 0 Å². The van der Waals surface area contributed by atoms with Crippen LogP contribution in [0.2, 0.25) is 0 Å². The number of ether oxygens (including phenoxy) is 1. The molecule has 1 saturated carbocycles. The largest absolute Gasteiger partial charge is 0.370 e. The van der Waals surface area contributed by atoms with Gasteiger partial charge in [-0.2, -0.15) is 0 Å². The third-order valence-electron chi connectivity index (χ3n) is 3.79. The first-order valence-corrected chi connectivity index (χ1v) is 5.62.